The number of hydrogen-bond acceptors (Lipinski definition) is 8. The molecule has 0 radical (unpaired) electrons. The Morgan fingerprint density at radius 2 is 1.76 bits per heavy atom. The molecule has 14 heteroatoms. The first-order valence-corrected chi connectivity index (χ1v) is 18.4. The number of amides is 3. The highest BCUT2D eigenvalue weighted by molar-refractivity contribution is 7.54. The third-order valence-corrected chi connectivity index (χ3v) is 10.8. The minimum Gasteiger partial charge on any atom is -0.497 e. The molecule has 1 aromatic heterocycles. The van der Waals surface area contributed by atoms with Crippen molar-refractivity contribution >= 4 is 36.4 Å². The van der Waals surface area contributed by atoms with Gasteiger partial charge >= 0.3 is 13.7 Å². The molecular formula is C37H47N4O9P. The number of aromatic nitrogens is 1. The van der Waals surface area contributed by atoms with E-state index in [4.69, 9.17) is 19.2 Å². The summed E-state index contributed by atoms with van der Waals surface area (Å²) >= 11 is 0. The molecule has 3 aromatic rings. The van der Waals surface area contributed by atoms with Crippen molar-refractivity contribution in [1.82, 2.24) is 20.5 Å². The SMILES string of the molecule is C=CC1CC1(NC(=O)C1CC(Oc2cc(-c3ccccc3)nc3cc(OC)ccc23)CN1C(=O)C(NC(=O)OC(C)(C)C)C(C)(C)C)P(=O)(O)O. The number of nitrogens with zero attached hydrogens (tertiary/aromatic N) is 2. The highest BCUT2D eigenvalue weighted by Gasteiger charge is 2.66. The number of carbonyl (C=O) groups excluding carboxylic acids is 3. The number of ether oxygens (including phenoxy) is 3. The summed E-state index contributed by atoms with van der Waals surface area (Å²) in [5.41, 5.74) is 0.430. The number of carbonyl (C=O) groups is 3. The van der Waals surface area contributed by atoms with Crippen molar-refractivity contribution in [3.63, 3.8) is 0 Å². The van der Waals surface area contributed by atoms with Crippen molar-refractivity contribution in [2.75, 3.05) is 13.7 Å². The standard InChI is InChI=1S/C37H47N4O9P/c1-9-23-20-37(23,51(45,46)47)40-32(42)29-18-25(21-41(29)33(43)31(35(2,3)4)39-34(44)50-36(5,6)7)49-30-19-27(22-13-11-10-12-14-22)38-28-17-24(48-8)15-16-26(28)30/h9-17,19,23,25,29,31H,1,18,20-21H2,2-8H3,(H,39,44)(H,40,42)(H2,45,46,47). The molecule has 13 nitrogen and oxygen atoms in total. The lowest BCUT2D eigenvalue weighted by molar-refractivity contribution is -0.142. The average molecular weight is 723 g/mol. The molecule has 1 saturated heterocycles. The number of hydrogen-bond donors (Lipinski definition) is 4. The summed E-state index contributed by atoms with van der Waals surface area (Å²) in [5.74, 6) is -0.910. The Labute approximate surface area is 297 Å². The molecule has 51 heavy (non-hydrogen) atoms. The van der Waals surface area contributed by atoms with Gasteiger partial charge in [0.15, 0.2) is 0 Å². The van der Waals surface area contributed by atoms with Gasteiger partial charge in [0, 0.05) is 35.4 Å². The van der Waals surface area contributed by atoms with Gasteiger partial charge in [-0.2, -0.15) is 0 Å². The van der Waals surface area contributed by atoms with Gasteiger partial charge in [0.05, 0.1) is 24.9 Å². The summed E-state index contributed by atoms with van der Waals surface area (Å²) in [7, 11) is -3.26. The van der Waals surface area contributed by atoms with Crippen molar-refractivity contribution in [3.8, 4) is 22.8 Å². The molecule has 1 saturated carbocycles. The lowest BCUT2D eigenvalue weighted by atomic mass is 9.85. The second-order valence-corrected chi connectivity index (χ2v) is 17.1. The molecule has 2 aromatic carbocycles. The topological polar surface area (TPSA) is 177 Å². The summed E-state index contributed by atoms with van der Waals surface area (Å²) in [4.78, 5) is 68.1. The third kappa shape index (κ3) is 8.21. The van der Waals surface area contributed by atoms with Gasteiger partial charge in [0.1, 0.15) is 40.6 Å². The van der Waals surface area contributed by atoms with Gasteiger partial charge in [-0.3, -0.25) is 14.2 Å². The zero-order chi connectivity index (χ0) is 37.5. The smallest absolute Gasteiger partial charge is 0.408 e. The third-order valence-electron chi connectivity index (χ3n) is 9.09. The first kappa shape index (κ1) is 37.8. The van der Waals surface area contributed by atoms with E-state index in [-0.39, 0.29) is 19.4 Å². The normalized spacial score (nSPS) is 22.5. The Kier molecular flexibility index (Phi) is 10.3. The van der Waals surface area contributed by atoms with Crippen LogP contribution in [0.4, 0.5) is 4.79 Å². The molecular weight excluding hydrogens is 675 g/mol. The lowest BCUT2D eigenvalue weighted by Crippen LogP contribution is -2.59. The van der Waals surface area contributed by atoms with E-state index in [1.807, 2.05) is 36.4 Å². The van der Waals surface area contributed by atoms with Crippen LogP contribution < -0.4 is 20.1 Å². The van der Waals surface area contributed by atoms with Crippen LogP contribution in [0, 0.1) is 11.3 Å². The highest BCUT2D eigenvalue weighted by Crippen LogP contribution is 2.67. The molecule has 274 valence electrons. The van der Waals surface area contributed by atoms with Crippen LogP contribution in [0.2, 0.25) is 0 Å². The van der Waals surface area contributed by atoms with Crippen LogP contribution >= 0.6 is 7.60 Å². The molecule has 1 aliphatic carbocycles. The van der Waals surface area contributed by atoms with E-state index in [1.54, 1.807) is 66.9 Å². The van der Waals surface area contributed by atoms with Crippen molar-refractivity contribution in [2.45, 2.75) is 83.5 Å². The number of benzene rings is 2. The van der Waals surface area contributed by atoms with Gasteiger partial charge in [-0.05, 0) is 44.7 Å². The maximum absolute atomic E-state index is 14.5. The van der Waals surface area contributed by atoms with Crippen molar-refractivity contribution in [3.05, 3.63) is 67.3 Å². The Morgan fingerprint density at radius 3 is 2.33 bits per heavy atom. The molecule has 1 aliphatic heterocycles. The van der Waals surface area contributed by atoms with E-state index in [2.05, 4.69) is 17.2 Å². The fraction of sp³-hybridized carbons (Fsp3) is 0.459. The van der Waals surface area contributed by atoms with Gasteiger partial charge in [0.2, 0.25) is 11.8 Å². The predicted molar refractivity (Wildman–Crippen MR) is 192 cm³/mol. The fourth-order valence-corrected chi connectivity index (χ4v) is 7.58. The molecule has 3 amide bonds. The quantitative estimate of drug-likeness (QED) is 0.157. The first-order chi connectivity index (χ1) is 23.8. The van der Waals surface area contributed by atoms with Crippen molar-refractivity contribution in [2.24, 2.45) is 11.3 Å². The number of rotatable bonds is 10. The Bertz CT molecular complexity index is 1870. The predicted octanol–water partition coefficient (Wildman–Crippen LogP) is 5.39. The summed E-state index contributed by atoms with van der Waals surface area (Å²) in [6, 6.07) is 14.4. The molecule has 5 atom stereocenters. The average Bonchev–Trinajstić information content (AvgIpc) is 3.62. The summed E-state index contributed by atoms with van der Waals surface area (Å²) in [6.07, 6.45) is -0.131. The monoisotopic (exact) mass is 722 g/mol. The maximum Gasteiger partial charge on any atom is 0.408 e. The summed E-state index contributed by atoms with van der Waals surface area (Å²) < 4.78 is 30.1. The van der Waals surface area contributed by atoms with Crippen LogP contribution in [0.15, 0.2) is 67.3 Å². The van der Waals surface area contributed by atoms with Gasteiger partial charge in [-0.1, -0.05) is 57.2 Å². The van der Waals surface area contributed by atoms with Crippen LogP contribution in [0.25, 0.3) is 22.2 Å². The van der Waals surface area contributed by atoms with E-state index in [0.29, 0.717) is 28.1 Å². The second kappa shape index (κ2) is 13.9. The van der Waals surface area contributed by atoms with Gasteiger partial charge in [-0.25, -0.2) is 9.78 Å². The minimum absolute atomic E-state index is 0.00247. The summed E-state index contributed by atoms with van der Waals surface area (Å²) in [5, 5.41) is 4.13. The van der Waals surface area contributed by atoms with Crippen LogP contribution in [-0.4, -0.2) is 80.3 Å². The number of nitrogens with one attached hydrogen (secondary N) is 2. The van der Waals surface area contributed by atoms with E-state index in [1.165, 1.54) is 11.0 Å². The summed E-state index contributed by atoms with van der Waals surface area (Å²) in [6.45, 7) is 14.0. The molecule has 2 fully saturated rings. The van der Waals surface area contributed by atoms with E-state index in [0.717, 1.165) is 5.56 Å². The van der Waals surface area contributed by atoms with E-state index >= 15 is 0 Å². The van der Waals surface area contributed by atoms with Crippen LogP contribution in [0.3, 0.4) is 0 Å². The first-order valence-electron chi connectivity index (χ1n) is 16.8. The van der Waals surface area contributed by atoms with Crippen molar-refractivity contribution in [1.29, 1.82) is 0 Å². The zero-order valence-electron chi connectivity index (χ0n) is 30.0. The van der Waals surface area contributed by atoms with Crippen molar-refractivity contribution < 1.29 is 42.9 Å². The highest BCUT2D eigenvalue weighted by atomic mass is 31.2. The number of alkyl carbamates (subject to hydrolysis) is 1. The molecule has 5 rings (SSSR count). The number of likely N-dealkylation sites (tertiary alicyclic amines) is 1. The van der Waals surface area contributed by atoms with Crippen LogP contribution in [0.5, 0.6) is 11.5 Å². The van der Waals surface area contributed by atoms with E-state index < -0.39 is 65.9 Å². The Balaban J connectivity index is 1.52. The van der Waals surface area contributed by atoms with Crippen LogP contribution in [-0.2, 0) is 18.9 Å². The Morgan fingerprint density at radius 1 is 1.08 bits per heavy atom. The zero-order valence-corrected chi connectivity index (χ0v) is 30.9. The van der Waals surface area contributed by atoms with Gasteiger partial charge < -0.3 is 39.5 Å². The lowest BCUT2D eigenvalue weighted by Gasteiger charge is -2.36. The molecule has 5 unspecified atom stereocenters. The number of methoxy groups -OCH3 is 1. The van der Waals surface area contributed by atoms with Gasteiger partial charge in [0.25, 0.3) is 0 Å². The number of fused-ring (bicyclic) bond motifs is 1. The number of pyridine rings is 1. The molecule has 2 aliphatic rings. The Hall–Kier alpha value is -4.45. The molecule has 2 heterocycles. The second-order valence-electron chi connectivity index (χ2n) is 15.2. The van der Waals surface area contributed by atoms with Gasteiger partial charge in [-0.15, -0.1) is 6.58 Å². The molecule has 0 spiro atoms. The molecule has 0 bridgehead atoms. The minimum atomic E-state index is -4.82. The fourth-order valence-electron chi connectivity index (χ4n) is 6.35. The van der Waals surface area contributed by atoms with E-state index in [9.17, 15) is 28.7 Å². The largest absolute Gasteiger partial charge is 0.497 e. The van der Waals surface area contributed by atoms with Crippen LogP contribution in [0.1, 0.15) is 54.4 Å². The molecule has 4 N–H and O–H groups in total. The maximum atomic E-state index is 14.5.